The van der Waals surface area contributed by atoms with Gasteiger partial charge in [-0.2, -0.15) is 0 Å². The lowest BCUT2D eigenvalue weighted by Gasteiger charge is -2.27. The lowest BCUT2D eigenvalue weighted by atomic mass is 10.1. The molecule has 0 aliphatic carbocycles. The molecule has 0 saturated carbocycles. The van der Waals surface area contributed by atoms with Gasteiger partial charge in [-0.15, -0.1) is 0 Å². The number of benzene rings is 1. The van der Waals surface area contributed by atoms with Gasteiger partial charge in [0.2, 0.25) is 0 Å². The topological polar surface area (TPSA) is 62.4 Å². The number of pyridine rings is 1. The molecule has 0 spiro atoms. The molecule has 3 N–H and O–H groups in total. The molecule has 1 aliphatic rings. The Hall–Kier alpha value is -1.81. The number of nitrogen functional groups attached to an aromatic ring is 1. The van der Waals surface area contributed by atoms with E-state index in [0.29, 0.717) is 0 Å². The summed E-state index contributed by atoms with van der Waals surface area (Å²) in [7, 11) is 0. The van der Waals surface area contributed by atoms with E-state index in [0.717, 1.165) is 41.7 Å². The predicted octanol–water partition coefficient (Wildman–Crippen LogP) is 2.09. The standard InChI is InChI=1S/C15H19N3O/c1-10-7-15(18-6-2-3-12(18)9-19)13-5-4-11(16)8-14(13)17-10/h4-5,7-8,12,19H,2-3,6,9,16H2,1H3. The number of nitrogens with zero attached hydrogens (tertiary/aromatic N) is 2. The first kappa shape index (κ1) is 12.2. The van der Waals surface area contributed by atoms with E-state index in [1.807, 2.05) is 25.1 Å². The van der Waals surface area contributed by atoms with Crippen molar-refractivity contribution >= 4 is 22.3 Å². The lowest BCUT2D eigenvalue weighted by Crippen LogP contribution is -2.32. The van der Waals surface area contributed by atoms with E-state index < -0.39 is 0 Å². The molecule has 0 amide bonds. The van der Waals surface area contributed by atoms with Crippen LogP contribution in [0.25, 0.3) is 10.9 Å². The van der Waals surface area contributed by atoms with Crippen LogP contribution in [0.1, 0.15) is 18.5 Å². The quantitative estimate of drug-likeness (QED) is 0.809. The molecule has 1 aromatic heterocycles. The molecule has 1 unspecified atom stereocenters. The lowest BCUT2D eigenvalue weighted by molar-refractivity contribution is 0.266. The highest BCUT2D eigenvalue weighted by molar-refractivity contribution is 5.93. The summed E-state index contributed by atoms with van der Waals surface area (Å²) in [4.78, 5) is 6.85. The van der Waals surface area contributed by atoms with Crippen LogP contribution < -0.4 is 10.6 Å². The number of aliphatic hydroxyl groups excluding tert-OH is 1. The van der Waals surface area contributed by atoms with Gasteiger partial charge in [-0.25, -0.2) is 0 Å². The number of aryl methyl sites for hydroxylation is 1. The molecule has 1 saturated heterocycles. The van der Waals surface area contributed by atoms with Crippen LogP contribution in [-0.4, -0.2) is 29.3 Å². The highest BCUT2D eigenvalue weighted by Crippen LogP contribution is 2.32. The van der Waals surface area contributed by atoms with Crippen LogP contribution >= 0.6 is 0 Å². The molecule has 2 aromatic rings. The maximum Gasteiger partial charge on any atom is 0.0746 e. The molecule has 1 atom stereocenters. The Labute approximate surface area is 112 Å². The van der Waals surface area contributed by atoms with Gasteiger partial charge in [0.25, 0.3) is 0 Å². The molecule has 0 radical (unpaired) electrons. The summed E-state index contributed by atoms with van der Waals surface area (Å²) < 4.78 is 0. The molecule has 1 aromatic carbocycles. The number of fused-ring (bicyclic) bond motifs is 1. The fourth-order valence-corrected chi connectivity index (χ4v) is 2.94. The van der Waals surface area contributed by atoms with E-state index in [1.54, 1.807) is 0 Å². The van der Waals surface area contributed by atoms with E-state index in [4.69, 9.17) is 5.73 Å². The molecule has 2 heterocycles. The molecule has 19 heavy (non-hydrogen) atoms. The summed E-state index contributed by atoms with van der Waals surface area (Å²) in [6, 6.07) is 8.18. The first-order valence-electron chi connectivity index (χ1n) is 6.73. The summed E-state index contributed by atoms with van der Waals surface area (Å²) in [5, 5.41) is 10.6. The first-order chi connectivity index (χ1) is 9.19. The van der Waals surface area contributed by atoms with Gasteiger partial charge in [0.05, 0.1) is 18.2 Å². The third kappa shape index (κ3) is 2.12. The third-order valence-corrected chi connectivity index (χ3v) is 3.84. The van der Waals surface area contributed by atoms with Crippen molar-refractivity contribution in [3.8, 4) is 0 Å². The van der Waals surface area contributed by atoms with Gasteiger partial charge in [-0.3, -0.25) is 4.98 Å². The molecule has 1 aliphatic heterocycles. The summed E-state index contributed by atoms with van der Waals surface area (Å²) in [5.41, 5.74) is 9.65. The minimum Gasteiger partial charge on any atom is -0.399 e. The Morgan fingerprint density at radius 3 is 3.05 bits per heavy atom. The zero-order chi connectivity index (χ0) is 13.4. The Balaban J connectivity index is 2.17. The minimum atomic E-state index is 0.206. The van der Waals surface area contributed by atoms with Crippen molar-refractivity contribution in [3.05, 3.63) is 30.0 Å². The summed E-state index contributed by atoms with van der Waals surface area (Å²) in [5.74, 6) is 0. The molecule has 0 bridgehead atoms. The number of rotatable bonds is 2. The Bertz CT molecular complexity index is 606. The SMILES string of the molecule is Cc1cc(N2CCCC2CO)c2ccc(N)cc2n1. The number of nitrogens with two attached hydrogens (primary N) is 1. The number of aliphatic hydroxyl groups is 1. The molecular weight excluding hydrogens is 238 g/mol. The van der Waals surface area contributed by atoms with Crippen LogP contribution in [0.2, 0.25) is 0 Å². The number of hydrogen-bond donors (Lipinski definition) is 2. The predicted molar refractivity (Wildman–Crippen MR) is 78.3 cm³/mol. The monoisotopic (exact) mass is 257 g/mol. The largest absolute Gasteiger partial charge is 0.399 e. The molecule has 4 nitrogen and oxygen atoms in total. The zero-order valence-electron chi connectivity index (χ0n) is 11.1. The Morgan fingerprint density at radius 2 is 2.26 bits per heavy atom. The van der Waals surface area contributed by atoms with Gasteiger partial charge >= 0.3 is 0 Å². The average Bonchev–Trinajstić information content (AvgIpc) is 2.85. The third-order valence-electron chi connectivity index (χ3n) is 3.84. The van der Waals surface area contributed by atoms with Crippen LogP contribution in [0.15, 0.2) is 24.3 Å². The second-order valence-corrected chi connectivity index (χ2v) is 5.23. The van der Waals surface area contributed by atoms with Gasteiger partial charge in [0.1, 0.15) is 0 Å². The molecule has 4 heteroatoms. The second-order valence-electron chi connectivity index (χ2n) is 5.23. The highest BCUT2D eigenvalue weighted by atomic mass is 16.3. The van der Waals surface area contributed by atoms with E-state index in [-0.39, 0.29) is 12.6 Å². The minimum absolute atomic E-state index is 0.206. The Morgan fingerprint density at radius 1 is 1.42 bits per heavy atom. The van der Waals surface area contributed by atoms with Gasteiger partial charge in [0, 0.05) is 29.0 Å². The van der Waals surface area contributed by atoms with Crippen molar-refractivity contribution in [1.82, 2.24) is 4.98 Å². The summed E-state index contributed by atoms with van der Waals surface area (Å²) >= 11 is 0. The number of anilines is 2. The van der Waals surface area contributed by atoms with Crippen molar-refractivity contribution in [2.24, 2.45) is 0 Å². The first-order valence-corrected chi connectivity index (χ1v) is 6.73. The van der Waals surface area contributed by atoms with Crippen molar-refractivity contribution in [3.63, 3.8) is 0 Å². The molecule has 100 valence electrons. The number of aromatic nitrogens is 1. The van der Waals surface area contributed by atoms with Gasteiger partial charge in [0.15, 0.2) is 0 Å². The highest BCUT2D eigenvalue weighted by Gasteiger charge is 2.25. The van der Waals surface area contributed by atoms with Crippen molar-refractivity contribution in [2.75, 3.05) is 23.8 Å². The maximum absolute atomic E-state index is 9.51. The van der Waals surface area contributed by atoms with Crippen LogP contribution in [0.5, 0.6) is 0 Å². The van der Waals surface area contributed by atoms with E-state index in [2.05, 4.69) is 16.0 Å². The second kappa shape index (κ2) is 4.70. The van der Waals surface area contributed by atoms with Crippen LogP contribution in [0.3, 0.4) is 0 Å². The molecular formula is C15H19N3O. The van der Waals surface area contributed by atoms with E-state index >= 15 is 0 Å². The molecule has 3 rings (SSSR count). The van der Waals surface area contributed by atoms with Crippen molar-refractivity contribution < 1.29 is 5.11 Å². The number of hydrogen-bond acceptors (Lipinski definition) is 4. The van der Waals surface area contributed by atoms with E-state index in [9.17, 15) is 5.11 Å². The maximum atomic E-state index is 9.51. The van der Waals surface area contributed by atoms with Crippen molar-refractivity contribution in [1.29, 1.82) is 0 Å². The fraction of sp³-hybridized carbons (Fsp3) is 0.400. The summed E-state index contributed by atoms with van der Waals surface area (Å²) in [6.07, 6.45) is 2.18. The van der Waals surface area contributed by atoms with Crippen LogP contribution in [0.4, 0.5) is 11.4 Å². The van der Waals surface area contributed by atoms with Gasteiger partial charge < -0.3 is 15.7 Å². The van der Waals surface area contributed by atoms with E-state index in [1.165, 1.54) is 5.69 Å². The van der Waals surface area contributed by atoms with Crippen molar-refractivity contribution in [2.45, 2.75) is 25.8 Å². The van der Waals surface area contributed by atoms with Gasteiger partial charge in [-0.05, 0) is 44.0 Å². The normalized spacial score (nSPS) is 19.3. The fourth-order valence-electron chi connectivity index (χ4n) is 2.94. The molecule has 1 fully saturated rings. The average molecular weight is 257 g/mol. The van der Waals surface area contributed by atoms with Crippen LogP contribution in [0, 0.1) is 6.92 Å². The summed E-state index contributed by atoms with van der Waals surface area (Å²) in [6.45, 7) is 3.20. The van der Waals surface area contributed by atoms with Gasteiger partial charge in [-0.1, -0.05) is 0 Å². The van der Waals surface area contributed by atoms with Crippen LogP contribution in [-0.2, 0) is 0 Å². The zero-order valence-corrected chi connectivity index (χ0v) is 11.1. The smallest absolute Gasteiger partial charge is 0.0746 e. The Kier molecular flexibility index (Phi) is 3.03.